The van der Waals surface area contributed by atoms with Gasteiger partial charge in [0.1, 0.15) is 11.5 Å². The van der Waals surface area contributed by atoms with Crippen LogP contribution in [0, 0.1) is 5.82 Å². The van der Waals surface area contributed by atoms with Gasteiger partial charge in [0.15, 0.2) is 12.0 Å². The Morgan fingerprint density at radius 2 is 1.81 bits per heavy atom. The van der Waals surface area contributed by atoms with Crippen LogP contribution in [0.15, 0.2) is 54.6 Å². The first-order chi connectivity index (χ1) is 13.0. The van der Waals surface area contributed by atoms with E-state index < -0.39 is 0 Å². The lowest BCUT2D eigenvalue weighted by atomic mass is 10.00. The number of amides is 1. The summed E-state index contributed by atoms with van der Waals surface area (Å²) in [6.07, 6.45) is 0.680. The molecule has 0 aliphatic carbocycles. The van der Waals surface area contributed by atoms with E-state index in [9.17, 15) is 14.0 Å². The highest BCUT2D eigenvalue weighted by Gasteiger charge is 2.25. The van der Waals surface area contributed by atoms with E-state index in [-0.39, 0.29) is 23.3 Å². The van der Waals surface area contributed by atoms with Crippen LogP contribution in [0.5, 0.6) is 0 Å². The molecule has 1 heterocycles. The molecule has 0 unspecified atom stereocenters. The number of aromatic nitrogens is 2. The van der Waals surface area contributed by atoms with E-state index in [1.165, 1.54) is 28.9 Å². The minimum atomic E-state index is -0.386. The van der Waals surface area contributed by atoms with Crippen LogP contribution in [0.2, 0.25) is 0 Å². The minimum absolute atomic E-state index is 0.0862. The monoisotopic (exact) mass is 365 g/mol. The SMILES string of the molecule is CC(C)c1c(C(=O)NCc2ccccc2)nn(-c2ccc(F)cc2)c1C=O. The Kier molecular flexibility index (Phi) is 5.45. The number of aldehydes is 1. The van der Waals surface area contributed by atoms with Crippen LogP contribution in [0.1, 0.15) is 51.9 Å². The largest absolute Gasteiger partial charge is 0.347 e. The summed E-state index contributed by atoms with van der Waals surface area (Å²) in [7, 11) is 0. The summed E-state index contributed by atoms with van der Waals surface area (Å²) in [4.78, 5) is 24.5. The number of nitrogens with zero attached hydrogens (tertiary/aromatic N) is 2. The third-order valence-electron chi connectivity index (χ3n) is 4.23. The topological polar surface area (TPSA) is 64.0 Å². The van der Waals surface area contributed by atoms with Gasteiger partial charge in [0.25, 0.3) is 5.91 Å². The van der Waals surface area contributed by atoms with E-state index in [2.05, 4.69) is 10.4 Å². The first-order valence-corrected chi connectivity index (χ1v) is 8.67. The zero-order valence-electron chi connectivity index (χ0n) is 15.1. The normalized spacial score (nSPS) is 10.8. The van der Waals surface area contributed by atoms with Crippen LogP contribution in [0.3, 0.4) is 0 Å². The number of benzene rings is 2. The molecule has 1 N–H and O–H groups in total. The number of halogens is 1. The summed E-state index contributed by atoms with van der Waals surface area (Å²) in [5.74, 6) is -0.827. The summed E-state index contributed by atoms with van der Waals surface area (Å²) in [5.41, 5.74) is 2.54. The lowest BCUT2D eigenvalue weighted by Crippen LogP contribution is -2.24. The Morgan fingerprint density at radius 3 is 2.41 bits per heavy atom. The predicted molar refractivity (Wildman–Crippen MR) is 101 cm³/mol. The summed E-state index contributed by atoms with van der Waals surface area (Å²) in [6.45, 7) is 4.15. The highest BCUT2D eigenvalue weighted by Crippen LogP contribution is 2.25. The molecular formula is C21H20FN3O2. The van der Waals surface area contributed by atoms with Gasteiger partial charge in [0, 0.05) is 12.1 Å². The van der Waals surface area contributed by atoms with Crippen molar-refractivity contribution in [2.24, 2.45) is 0 Å². The third-order valence-corrected chi connectivity index (χ3v) is 4.23. The van der Waals surface area contributed by atoms with E-state index in [1.807, 2.05) is 44.2 Å². The van der Waals surface area contributed by atoms with Crippen molar-refractivity contribution in [3.8, 4) is 5.69 Å². The van der Waals surface area contributed by atoms with Gasteiger partial charge in [-0.1, -0.05) is 44.2 Å². The van der Waals surface area contributed by atoms with Gasteiger partial charge < -0.3 is 5.32 Å². The first-order valence-electron chi connectivity index (χ1n) is 8.67. The second kappa shape index (κ2) is 7.95. The van der Waals surface area contributed by atoms with Crippen molar-refractivity contribution in [1.82, 2.24) is 15.1 Å². The molecule has 2 aromatic carbocycles. The maximum absolute atomic E-state index is 13.2. The number of carbonyl (C=O) groups is 2. The Bertz CT molecular complexity index is 948. The second-order valence-electron chi connectivity index (χ2n) is 6.48. The molecule has 0 atom stereocenters. The molecule has 0 saturated carbocycles. The number of hydrogen-bond donors (Lipinski definition) is 1. The standard InChI is InChI=1S/C21H20FN3O2/c1-14(2)19-18(13-26)25(17-10-8-16(22)9-11-17)24-20(19)21(27)23-12-15-6-4-3-5-7-15/h3-11,13-14H,12H2,1-2H3,(H,23,27). The average Bonchev–Trinajstić information content (AvgIpc) is 3.07. The van der Waals surface area contributed by atoms with Gasteiger partial charge in [-0.2, -0.15) is 5.10 Å². The summed E-state index contributed by atoms with van der Waals surface area (Å²) < 4.78 is 14.6. The molecule has 3 rings (SSSR count). The lowest BCUT2D eigenvalue weighted by molar-refractivity contribution is 0.0944. The van der Waals surface area contributed by atoms with Crippen molar-refractivity contribution in [3.05, 3.63) is 82.9 Å². The first kappa shape index (κ1) is 18.5. The van der Waals surface area contributed by atoms with Gasteiger partial charge in [-0.15, -0.1) is 0 Å². The van der Waals surface area contributed by atoms with Crippen molar-refractivity contribution < 1.29 is 14.0 Å². The molecule has 5 nitrogen and oxygen atoms in total. The van der Waals surface area contributed by atoms with E-state index >= 15 is 0 Å². The lowest BCUT2D eigenvalue weighted by Gasteiger charge is -2.08. The zero-order chi connectivity index (χ0) is 19.4. The van der Waals surface area contributed by atoms with Crippen molar-refractivity contribution in [1.29, 1.82) is 0 Å². The fourth-order valence-electron chi connectivity index (χ4n) is 2.93. The summed E-state index contributed by atoms with van der Waals surface area (Å²) in [5, 5.41) is 7.21. The number of rotatable bonds is 6. The summed E-state index contributed by atoms with van der Waals surface area (Å²) in [6, 6.07) is 15.1. The quantitative estimate of drug-likeness (QED) is 0.674. The molecule has 1 aromatic heterocycles. The Balaban J connectivity index is 1.97. The molecule has 0 spiro atoms. The van der Waals surface area contributed by atoms with Crippen LogP contribution < -0.4 is 5.32 Å². The molecule has 27 heavy (non-hydrogen) atoms. The maximum atomic E-state index is 13.2. The van der Waals surface area contributed by atoms with Gasteiger partial charge in [-0.25, -0.2) is 9.07 Å². The smallest absolute Gasteiger partial charge is 0.272 e. The molecule has 6 heteroatoms. The van der Waals surface area contributed by atoms with Gasteiger partial charge in [-0.05, 0) is 35.7 Å². The zero-order valence-corrected chi connectivity index (χ0v) is 15.1. The van der Waals surface area contributed by atoms with E-state index in [4.69, 9.17) is 0 Å². The van der Waals surface area contributed by atoms with Crippen LogP contribution in [0.25, 0.3) is 5.69 Å². The molecule has 0 radical (unpaired) electrons. The average molecular weight is 365 g/mol. The molecule has 0 aliphatic heterocycles. The molecule has 138 valence electrons. The van der Waals surface area contributed by atoms with Gasteiger partial charge >= 0.3 is 0 Å². The fourth-order valence-corrected chi connectivity index (χ4v) is 2.93. The second-order valence-corrected chi connectivity index (χ2v) is 6.48. The number of nitrogens with one attached hydrogen (secondary N) is 1. The van der Waals surface area contributed by atoms with E-state index in [1.54, 1.807) is 0 Å². The highest BCUT2D eigenvalue weighted by molar-refractivity contribution is 5.96. The molecule has 1 amide bonds. The van der Waals surface area contributed by atoms with E-state index in [0.717, 1.165) is 5.56 Å². The molecule has 0 fully saturated rings. The molecule has 0 aliphatic rings. The van der Waals surface area contributed by atoms with Crippen LogP contribution in [0.4, 0.5) is 4.39 Å². The maximum Gasteiger partial charge on any atom is 0.272 e. The van der Waals surface area contributed by atoms with Gasteiger partial charge in [-0.3, -0.25) is 9.59 Å². The highest BCUT2D eigenvalue weighted by atomic mass is 19.1. The molecule has 0 saturated heterocycles. The fraction of sp³-hybridized carbons (Fsp3) is 0.190. The number of hydrogen-bond acceptors (Lipinski definition) is 3. The van der Waals surface area contributed by atoms with Gasteiger partial charge in [0.05, 0.1) is 5.69 Å². The molecule has 0 bridgehead atoms. The molecular weight excluding hydrogens is 345 g/mol. The van der Waals surface area contributed by atoms with Crippen LogP contribution in [-0.4, -0.2) is 22.0 Å². The van der Waals surface area contributed by atoms with Crippen molar-refractivity contribution >= 4 is 12.2 Å². The Labute approximate surface area is 156 Å². The van der Waals surface area contributed by atoms with Crippen molar-refractivity contribution in [2.75, 3.05) is 0 Å². The Morgan fingerprint density at radius 1 is 1.15 bits per heavy atom. The third kappa shape index (κ3) is 3.95. The predicted octanol–water partition coefficient (Wildman–Crippen LogP) is 3.88. The van der Waals surface area contributed by atoms with Gasteiger partial charge in [0.2, 0.25) is 0 Å². The van der Waals surface area contributed by atoms with Crippen LogP contribution >= 0.6 is 0 Å². The van der Waals surface area contributed by atoms with Crippen molar-refractivity contribution in [2.45, 2.75) is 26.3 Å². The number of carbonyl (C=O) groups excluding carboxylic acids is 2. The summed E-state index contributed by atoms with van der Waals surface area (Å²) >= 11 is 0. The Hall–Kier alpha value is -3.28. The van der Waals surface area contributed by atoms with Crippen LogP contribution in [-0.2, 0) is 6.54 Å². The van der Waals surface area contributed by atoms with E-state index in [0.29, 0.717) is 29.8 Å². The minimum Gasteiger partial charge on any atom is -0.347 e. The molecule has 3 aromatic rings. The van der Waals surface area contributed by atoms with Crippen molar-refractivity contribution in [3.63, 3.8) is 0 Å².